The fourth-order valence-corrected chi connectivity index (χ4v) is 12.4. The van der Waals surface area contributed by atoms with Crippen molar-refractivity contribution in [3.05, 3.63) is 241 Å². The summed E-state index contributed by atoms with van der Waals surface area (Å²) in [5.41, 5.74) is 22.9. The van der Waals surface area contributed by atoms with Crippen LogP contribution in [0.2, 0.25) is 0 Å². The van der Waals surface area contributed by atoms with Crippen LogP contribution >= 0.6 is 0 Å². The lowest BCUT2D eigenvalue weighted by molar-refractivity contribution is 0.0787. The van der Waals surface area contributed by atoms with Crippen LogP contribution in [0.15, 0.2) is 223 Å². The molecule has 3 heterocycles. The Kier molecular flexibility index (Phi) is 12.2. The van der Waals surface area contributed by atoms with Crippen LogP contribution in [0.4, 0.5) is 51.2 Å². The minimum absolute atomic E-state index is 0.0113. The van der Waals surface area contributed by atoms with E-state index in [-0.39, 0.29) is 23.0 Å². The Labute approximate surface area is 478 Å². The van der Waals surface area contributed by atoms with E-state index < -0.39 is 5.60 Å². The lowest BCUT2D eigenvalue weighted by Crippen LogP contribution is -2.61. The van der Waals surface area contributed by atoms with Crippen LogP contribution in [0.5, 0.6) is 0 Å². The molecule has 0 spiro atoms. The molecule has 10 aromatic carbocycles. The zero-order valence-electron chi connectivity index (χ0n) is 48.6. The normalized spacial score (nSPS) is 13.4. The van der Waals surface area contributed by atoms with Gasteiger partial charge in [-0.05, 0) is 159 Å². The summed E-state index contributed by atoms with van der Waals surface area (Å²) in [6, 6.07) is 80.5. The number of benzene rings is 10. The fourth-order valence-electron chi connectivity index (χ4n) is 12.4. The highest BCUT2D eigenvalue weighted by Gasteiger charge is 2.45. The van der Waals surface area contributed by atoms with E-state index in [2.05, 4.69) is 289 Å². The topological polar surface area (TPSA) is 43.1 Å². The molecule has 0 unspecified atom stereocenters. The highest BCUT2D eigenvalue weighted by atomic mass is 16.3. The summed E-state index contributed by atoms with van der Waals surface area (Å²) in [6.07, 6.45) is 0. The van der Waals surface area contributed by atoms with Crippen molar-refractivity contribution in [2.24, 2.45) is 0 Å². The van der Waals surface area contributed by atoms with Gasteiger partial charge in [0.05, 0.1) is 11.3 Å². The molecule has 81 heavy (non-hydrogen) atoms. The summed E-state index contributed by atoms with van der Waals surface area (Å²) in [6.45, 7) is 24.2. The van der Waals surface area contributed by atoms with Crippen molar-refractivity contribution in [2.75, 3.05) is 14.7 Å². The molecule has 6 heteroatoms. The number of anilines is 9. The molecule has 0 fully saturated rings. The van der Waals surface area contributed by atoms with Gasteiger partial charge in [-0.25, -0.2) is 0 Å². The number of hydrogen-bond donors (Lipinski definition) is 1. The first kappa shape index (κ1) is 51.8. The predicted molar refractivity (Wildman–Crippen MR) is 345 cm³/mol. The summed E-state index contributed by atoms with van der Waals surface area (Å²) < 4.78 is 6.63. The molecular formula is C75H70BN3O2. The summed E-state index contributed by atoms with van der Waals surface area (Å²) in [5.74, 6) is 0. The first-order valence-electron chi connectivity index (χ1n) is 28.7. The third-order valence-electron chi connectivity index (χ3n) is 16.9. The maximum Gasteiger partial charge on any atom is 0.252 e. The Morgan fingerprint density at radius 3 is 1.58 bits per heavy atom. The lowest BCUT2D eigenvalue weighted by atomic mass is 9.33. The van der Waals surface area contributed by atoms with Crippen molar-refractivity contribution in [1.29, 1.82) is 0 Å². The van der Waals surface area contributed by atoms with Gasteiger partial charge in [0.1, 0.15) is 11.2 Å². The summed E-state index contributed by atoms with van der Waals surface area (Å²) >= 11 is 0. The molecular weight excluding hydrogens is 986 g/mol. The molecule has 5 nitrogen and oxygen atoms in total. The molecule has 0 saturated heterocycles. The smallest absolute Gasteiger partial charge is 0.252 e. The number of furan rings is 1. The van der Waals surface area contributed by atoms with Gasteiger partial charge in [0.15, 0.2) is 0 Å². The predicted octanol–water partition coefficient (Wildman–Crippen LogP) is 18.6. The maximum absolute atomic E-state index is 11.9. The van der Waals surface area contributed by atoms with Gasteiger partial charge < -0.3 is 24.2 Å². The molecule has 2 aliphatic heterocycles. The largest absolute Gasteiger partial charge is 0.455 e. The minimum Gasteiger partial charge on any atom is -0.455 e. The summed E-state index contributed by atoms with van der Waals surface area (Å²) in [4.78, 5) is 7.46. The first-order valence-corrected chi connectivity index (χ1v) is 28.7. The van der Waals surface area contributed by atoms with Crippen LogP contribution < -0.4 is 31.1 Å². The third kappa shape index (κ3) is 9.01. The van der Waals surface area contributed by atoms with Crippen LogP contribution in [0.1, 0.15) is 98.4 Å². The second-order valence-electron chi connectivity index (χ2n) is 26.0. The van der Waals surface area contributed by atoms with Gasteiger partial charge in [0.25, 0.3) is 6.71 Å². The SMILES string of the molecule is CC(C)(C)c1ccc(N(c2ccc3c(c2)N(c2ccc(-c4cccc5c4oc4ccccc45)cc2)c2cc(C(C)(C)C)cc4c2B3c2cc(C(C)(C)O)ccc2N4c2ccc(C(C)(C)C)cc2)c2ccccc2-c2ccccc2)cc1. The van der Waals surface area contributed by atoms with Gasteiger partial charge in [-0.15, -0.1) is 0 Å². The summed E-state index contributed by atoms with van der Waals surface area (Å²) in [7, 11) is 0. The molecule has 0 amide bonds. The average molecular weight is 1060 g/mol. The van der Waals surface area contributed by atoms with Crippen LogP contribution in [-0.2, 0) is 21.8 Å². The van der Waals surface area contributed by atoms with Gasteiger partial charge in [-0.3, -0.25) is 0 Å². The average Bonchev–Trinajstić information content (AvgIpc) is 3.93. The number of nitrogens with zero attached hydrogens (tertiary/aromatic N) is 3. The molecule has 0 radical (unpaired) electrons. The Bertz CT molecular complexity index is 4210. The van der Waals surface area contributed by atoms with Gasteiger partial charge in [-0.2, -0.15) is 0 Å². The third-order valence-corrected chi connectivity index (χ3v) is 16.9. The minimum atomic E-state index is -1.08. The molecule has 1 N–H and O–H groups in total. The Morgan fingerprint density at radius 2 is 0.926 bits per heavy atom. The van der Waals surface area contributed by atoms with Crippen molar-refractivity contribution in [1.82, 2.24) is 0 Å². The van der Waals surface area contributed by atoms with Crippen molar-refractivity contribution in [2.45, 2.75) is 98.0 Å². The zero-order chi connectivity index (χ0) is 56.3. The number of fused-ring (bicyclic) bond motifs is 7. The molecule has 400 valence electrons. The zero-order valence-corrected chi connectivity index (χ0v) is 48.6. The van der Waals surface area contributed by atoms with Crippen molar-refractivity contribution >= 4 is 96.2 Å². The number of rotatable bonds is 8. The Morgan fingerprint density at radius 1 is 0.395 bits per heavy atom. The Balaban J connectivity index is 1.09. The highest BCUT2D eigenvalue weighted by Crippen LogP contribution is 2.50. The lowest BCUT2D eigenvalue weighted by Gasteiger charge is -2.45. The number of aliphatic hydroxyl groups is 1. The second-order valence-corrected chi connectivity index (χ2v) is 26.0. The number of hydrogen-bond acceptors (Lipinski definition) is 5. The van der Waals surface area contributed by atoms with E-state index in [4.69, 9.17) is 4.42 Å². The Hall–Kier alpha value is -8.58. The van der Waals surface area contributed by atoms with Crippen molar-refractivity contribution < 1.29 is 9.52 Å². The second kappa shape index (κ2) is 19.0. The van der Waals surface area contributed by atoms with E-state index >= 15 is 0 Å². The van der Waals surface area contributed by atoms with E-state index in [1.165, 1.54) is 27.6 Å². The van der Waals surface area contributed by atoms with Crippen molar-refractivity contribution in [3.63, 3.8) is 0 Å². The van der Waals surface area contributed by atoms with Crippen LogP contribution in [0.3, 0.4) is 0 Å². The van der Waals surface area contributed by atoms with E-state index in [9.17, 15) is 5.11 Å². The van der Waals surface area contributed by atoms with Gasteiger partial charge >= 0.3 is 0 Å². The standard InChI is InChI=1S/C75H70BN3O2/c1-72(2,3)50-30-37-54(38-31-50)77(64-26-17-15-22-58(64)48-20-13-12-14-21-48)57-41-42-62-66(47-57)79(55-35-28-49(29-36-55)59-24-19-25-61-60-23-16-18-27-69(60)81-71(59)61)68-46-53(74(7,8)9)45-67-70(68)76(62)63-44-52(75(10,11)80)34-43-65(63)78(67)56-39-32-51(33-40-56)73(4,5)6/h12-47,80H,1-11H3. The molecule has 13 rings (SSSR count). The first-order chi connectivity index (χ1) is 38.7. The quantitative estimate of drug-likeness (QED) is 0.154. The monoisotopic (exact) mass is 1060 g/mol. The molecule has 2 aliphatic rings. The summed E-state index contributed by atoms with van der Waals surface area (Å²) in [5, 5.41) is 14.1. The van der Waals surface area contributed by atoms with E-state index in [1.54, 1.807) is 0 Å². The maximum atomic E-state index is 11.9. The van der Waals surface area contributed by atoms with E-state index in [0.29, 0.717) is 0 Å². The molecule has 11 aromatic rings. The number of para-hydroxylation sites is 3. The van der Waals surface area contributed by atoms with Gasteiger partial charge in [0, 0.05) is 67.4 Å². The molecule has 0 atom stereocenters. The van der Waals surface area contributed by atoms with Gasteiger partial charge in [-0.1, -0.05) is 202 Å². The van der Waals surface area contributed by atoms with Gasteiger partial charge in [0.2, 0.25) is 0 Å². The molecule has 0 aliphatic carbocycles. The van der Waals surface area contributed by atoms with Crippen LogP contribution in [0.25, 0.3) is 44.2 Å². The fraction of sp³-hybridized carbons (Fsp3) is 0.200. The highest BCUT2D eigenvalue weighted by molar-refractivity contribution is 7.00. The van der Waals surface area contributed by atoms with E-state index in [1.807, 2.05) is 19.9 Å². The molecule has 0 saturated carbocycles. The van der Waals surface area contributed by atoms with E-state index in [0.717, 1.165) is 106 Å². The molecule has 1 aromatic heterocycles. The van der Waals surface area contributed by atoms with Crippen LogP contribution in [0, 0.1) is 0 Å². The van der Waals surface area contributed by atoms with Crippen LogP contribution in [-0.4, -0.2) is 11.8 Å². The van der Waals surface area contributed by atoms with Crippen molar-refractivity contribution in [3.8, 4) is 22.3 Å². The molecule has 0 bridgehead atoms.